The molecular weight excluding hydrogens is 368 g/mol. The second-order valence-electron chi connectivity index (χ2n) is 3.32. The molecule has 1 amide bonds. The average molecular weight is 376 g/mol. The van der Waals surface area contributed by atoms with Gasteiger partial charge in [0.25, 0.3) is 0 Å². The number of nitrogens with one attached hydrogen (secondary N) is 1. The zero-order valence-corrected chi connectivity index (χ0v) is 12.1. The molecular formula is C9H8Br2N6O. The number of anilines is 2. The molecule has 0 aromatic carbocycles. The first kappa shape index (κ1) is 13.0. The van der Waals surface area contributed by atoms with Crippen LogP contribution in [0.15, 0.2) is 27.7 Å². The molecule has 0 bridgehead atoms. The van der Waals surface area contributed by atoms with Crippen molar-refractivity contribution in [3.8, 4) is 0 Å². The van der Waals surface area contributed by atoms with Gasteiger partial charge >= 0.3 is 0 Å². The lowest BCUT2D eigenvalue weighted by atomic mass is 10.5. The molecule has 0 unspecified atom stereocenters. The Balaban J connectivity index is 2.03. The zero-order chi connectivity index (χ0) is 13.1. The maximum atomic E-state index is 11.7. The molecule has 2 aromatic rings. The van der Waals surface area contributed by atoms with E-state index in [9.17, 15) is 4.79 Å². The van der Waals surface area contributed by atoms with E-state index in [0.29, 0.717) is 20.8 Å². The fourth-order valence-electron chi connectivity index (χ4n) is 1.21. The average Bonchev–Trinajstić information content (AvgIpc) is 2.68. The van der Waals surface area contributed by atoms with Gasteiger partial charge in [-0.25, -0.2) is 9.97 Å². The maximum absolute atomic E-state index is 11.7. The summed E-state index contributed by atoms with van der Waals surface area (Å²) in [4.78, 5) is 19.8. The summed E-state index contributed by atoms with van der Waals surface area (Å²) >= 11 is 6.38. The molecule has 7 nitrogen and oxygen atoms in total. The van der Waals surface area contributed by atoms with E-state index in [-0.39, 0.29) is 12.5 Å². The topological polar surface area (TPSA) is 98.7 Å². The summed E-state index contributed by atoms with van der Waals surface area (Å²) < 4.78 is 2.46. The molecule has 18 heavy (non-hydrogen) atoms. The summed E-state index contributed by atoms with van der Waals surface area (Å²) in [6, 6.07) is 1.61. The van der Waals surface area contributed by atoms with Gasteiger partial charge in [-0.3, -0.25) is 9.48 Å². The maximum Gasteiger partial charge on any atom is 0.247 e. The number of halogens is 2. The largest absolute Gasteiger partial charge is 0.382 e. The van der Waals surface area contributed by atoms with Crippen LogP contribution in [0, 0.1) is 0 Å². The fourth-order valence-corrected chi connectivity index (χ4v) is 2.12. The molecule has 0 spiro atoms. The van der Waals surface area contributed by atoms with Gasteiger partial charge in [-0.15, -0.1) is 0 Å². The second-order valence-corrected chi connectivity index (χ2v) is 4.88. The number of aromatic nitrogens is 4. The van der Waals surface area contributed by atoms with Crippen LogP contribution in [0.4, 0.5) is 11.6 Å². The van der Waals surface area contributed by atoms with Crippen LogP contribution in [0.5, 0.6) is 0 Å². The van der Waals surface area contributed by atoms with Crippen LogP contribution < -0.4 is 11.1 Å². The first-order valence-electron chi connectivity index (χ1n) is 4.81. The van der Waals surface area contributed by atoms with Gasteiger partial charge < -0.3 is 11.1 Å². The summed E-state index contributed by atoms with van der Waals surface area (Å²) in [5, 5.41) is 6.52. The monoisotopic (exact) mass is 374 g/mol. The van der Waals surface area contributed by atoms with Crippen LogP contribution in [0.1, 0.15) is 0 Å². The third-order valence-electron chi connectivity index (χ3n) is 1.93. The highest BCUT2D eigenvalue weighted by Gasteiger charge is 2.09. The number of carbonyl (C=O) groups excluding carboxylic acids is 1. The third-order valence-corrected chi connectivity index (χ3v) is 2.86. The molecule has 94 valence electrons. The highest BCUT2D eigenvalue weighted by atomic mass is 79.9. The Morgan fingerprint density at radius 1 is 1.50 bits per heavy atom. The first-order valence-corrected chi connectivity index (χ1v) is 6.40. The van der Waals surface area contributed by atoms with Crippen LogP contribution in [0.25, 0.3) is 0 Å². The van der Waals surface area contributed by atoms with Crippen LogP contribution in [0.3, 0.4) is 0 Å². The van der Waals surface area contributed by atoms with Gasteiger partial charge in [0, 0.05) is 6.20 Å². The smallest absolute Gasteiger partial charge is 0.247 e. The molecule has 2 aromatic heterocycles. The molecule has 0 saturated carbocycles. The normalized spacial score (nSPS) is 10.3. The van der Waals surface area contributed by atoms with Crippen molar-refractivity contribution >= 4 is 49.4 Å². The Labute approximate surface area is 119 Å². The third kappa shape index (κ3) is 3.26. The number of hydrogen-bond donors (Lipinski definition) is 2. The summed E-state index contributed by atoms with van der Waals surface area (Å²) in [6.45, 7) is 0.0569. The lowest BCUT2D eigenvalue weighted by molar-refractivity contribution is -0.116. The minimum absolute atomic E-state index is 0.0569. The van der Waals surface area contributed by atoms with Gasteiger partial charge in [-0.2, -0.15) is 5.10 Å². The molecule has 0 aliphatic rings. The van der Waals surface area contributed by atoms with E-state index in [0.717, 1.165) is 0 Å². The van der Waals surface area contributed by atoms with E-state index in [1.54, 1.807) is 12.3 Å². The highest BCUT2D eigenvalue weighted by molar-refractivity contribution is 9.11. The summed E-state index contributed by atoms with van der Waals surface area (Å²) in [5.74, 6) is 0.450. The Bertz CT molecular complexity index is 584. The van der Waals surface area contributed by atoms with E-state index >= 15 is 0 Å². The van der Waals surface area contributed by atoms with Gasteiger partial charge in [-0.05, 0) is 37.9 Å². The lowest BCUT2D eigenvalue weighted by Crippen LogP contribution is -2.20. The standard InChI is InChI=1S/C9H8Br2N6O/c10-5-3-13-9(8(11)14-5)15-7(18)4-17-2-1-6(12)16-17/h1-3H,4H2,(H2,12,16)(H,13,15,18). The molecule has 9 heteroatoms. The summed E-state index contributed by atoms with van der Waals surface area (Å²) in [5.41, 5.74) is 5.45. The van der Waals surface area contributed by atoms with E-state index < -0.39 is 0 Å². The number of hydrogen-bond acceptors (Lipinski definition) is 5. The second kappa shape index (κ2) is 5.44. The number of nitrogens with two attached hydrogens (primary N) is 1. The van der Waals surface area contributed by atoms with Crippen LogP contribution in [-0.4, -0.2) is 25.7 Å². The Hall–Kier alpha value is -1.48. The first-order chi connectivity index (χ1) is 8.54. The van der Waals surface area contributed by atoms with Crippen molar-refractivity contribution in [2.75, 3.05) is 11.1 Å². The van der Waals surface area contributed by atoms with Crippen LogP contribution in [-0.2, 0) is 11.3 Å². The van der Waals surface area contributed by atoms with Gasteiger partial charge in [0.1, 0.15) is 21.6 Å². The molecule has 0 saturated heterocycles. The number of rotatable bonds is 3. The van der Waals surface area contributed by atoms with Crippen LogP contribution >= 0.6 is 31.9 Å². The molecule has 0 radical (unpaired) electrons. The van der Waals surface area contributed by atoms with Crippen molar-refractivity contribution < 1.29 is 4.79 Å². The molecule has 0 aliphatic carbocycles. The van der Waals surface area contributed by atoms with Crippen molar-refractivity contribution in [1.82, 2.24) is 19.7 Å². The Kier molecular flexibility index (Phi) is 3.92. The molecule has 0 aliphatic heterocycles. The number of nitrogens with zero attached hydrogens (tertiary/aromatic N) is 4. The predicted octanol–water partition coefficient (Wildman–Crippen LogP) is 1.42. The minimum atomic E-state index is -0.268. The Morgan fingerprint density at radius 3 is 2.89 bits per heavy atom. The SMILES string of the molecule is Nc1ccn(CC(=O)Nc2ncc(Br)nc2Br)n1. The van der Waals surface area contributed by atoms with Crippen molar-refractivity contribution in [1.29, 1.82) is 0 Å². The summed E-state index contributed by atoms with van der Waals surface area (Å²) in [7, 11) is 0. The van der Waals surface area contributed by atoms with E-state index in [1.165, 1.54) is 10.9 Å². The molecule has 2 heterocycles. The summed E-state index contributed by atoms with van der Waals surface area (Å²) in [6.07, 6.45) is 3.11. The molecule has 0 atom stereocenters. The molecule has 2 rings (SSSR count). The van der Waals surface area contributed by atoms with Gasteiger partial charge in [0.2, 0.25) is 5.91 Å². The number of amides is 1. The highest BCUT2D eigenvalue weighted by Crippen LogP contribution is 2.19. The molecule has 0 fully saturated rings. The zero-order valence-electron chi connectivity index (χ0n) is 8.97. The van der Waals surface area contributed by atoms with Gasteiger partial charge in [0.05, 0.1) is 6.20 Å². The number of nitrogen functional groups attached to an aromatic ring is 1. The van der Waals surface area contributed by atoms with E-state index in [2.05, 4.69) is 52.2 Å². The quantitative estimate of drug-likeness (QED) is 0.845. The fraction of sp³-hybridized carbons (Fsp3) is 0.111. The molecule has 3 N–H and O–H groups in total. The van der Waals surface area contributed by atoms with E-state index in [4.69, 9.17) is 5.73 Å². The van der Waals surface area contributed by atoms with Crippen molar-refractivity contribution in [2.24, 2.45) is 0 Å². The predicted molar refractivity (Wildman–Crippen MR) is 72.7 cm³/mol. The minimum Gasteiger partial charge on any atom is -0.382 e. The van der Waals surface area contributed by atoms with Crippen molar-refractivity contribution in [3.05, 3.63) is 27.7 Å². The van der Waals surface area contributed by atoms with Crippen LogP contribution in [0.2, 0.25) is 0 Å². The Morgan fingerprint density at radius 2 is 2.28 bits per heavy atom. The van der Waals surface area contributed by atoms with Crippen molar-refractivity contribution in [3.63, 3.8) is 0 Å². The van der Waals surface area contributed by atoms with Crippen molar-refractivity contribution in [2.45, 2.75) is 6.54 Å². The number of carbonyl (C=O) groups is 1. The van der Waals surface area contributed by atoms with Gasteiger partial charge in [0.15, 0.2) is 5.82 Å². The van der Waals surface area contributed by atoms with E-state index in [1.807, 2.05) is 0 Å². The lowest BCUT2D eigenvalue weighted by Gasteiger charge is -2.05. The van der Waals surface area contributed by atoms with Gasteiger partial charge in [-0.1, -0.05) is 0 Å².